The van der Waals surface area contributed by atoms with Gasteiger partial charge in [0.05, 0.1) is 26.4 Å². The molecule has 0 aromatic heterocycles. The van der Waals surface area contributed by atoms with Crippen LogP contribution in [0.4, 0.5) is 0 Å². The molecular formula is C22H34N2O12. The number of methoxy groups -OCH3 is 1. The minimum Gasteiger partial charge on any atom is -0.465 e. The van der Waals surface area contributed by atoms with Crippen molar-refractivity contribution < 1.29 is 57.5 Å². The van der Waals surface area contributed by atoms with Crippen molar-refractivity contribution in [2.75, 3.05) is 40.0 Å². The molecular weight excluding hydrogens is 484 g/mol. The average molecular weight is 519 g/mol. The highest BCUT2D eigenvalue weighted by atomic mass is 16.7. The third kappa shape index (κ3) is 7.85. The lowest BCUT2D eigenvalue weighted by Gasteiger charge is -2.51. The first-order valence-electron chi connectivity index (χ1n) is 11.4. The summed E-state index contributed by atoms with van der Waals surface area (Å²) in [4.78, 5) is 62.2. The van der Waals surface area contributed by atoms with E-state index in [1.54, 1.807) is 0 Å². The van der Waals surface area contributed by atoms with Crippen molar-refractivity contribution in [1.29, 1.82) is 0 Å². The Balaban J connectivity index is 2.61. The number of esters is 4. The maximum atomic E-state index is 12.6. The van der Waals surface area contributed by atoms with Gasteiger partial charge >= 0.3 is 23.9 Å². The smallest absolute Gasteiger partial charge is 0.366 e. The van der Waals surface area contributed by atoms with Crippen molar-refractivity contribution in [2.45, 2.75) is 70.3 Å². The number of hydrogen-bond donors (Lipinski definition) is 2. The van der Waals surface area contributed by atoms with E-state index < -0.39 is 72.6 Å². The van der Waals surface area contributed by atoms with E-state index in [1.807, 2.05) is 4.90 Å². The zero-order valence-corrected chi connectivity index (χ0v) is 21.0. The van der Waals surface area contributed by atoms with Gasteiger partial charge in [0.2, 0.25) is 5.91 Å². The van der Waals surface area contributed by atoms with E-state index in [4.69, 9.17) is 28.4 Å². The second-order valence-corrected chi connectivity index (χ2v) is 8.53. The van der Waals surface area contributed by atoms with Gasteiger partial charge in [-0.25, -0.2) is 4.79 Å². The lowest BCUT2D eigenvalue weighted by Crippen LogP contribution is -2.71. The summed E-state index contributed by atoms with van der Waals surface area (Å²) in [7, 11) is 1.06. The standard InChI is InChI=1S/C22H34N2O12/c1-12(25)23-18-16(24-6-8-32-9-7-24)10-22(30,21(29)31-5)36-20(18)19(35-15(4)28)17(34-14(3)27)11-33-13(2)26/h16-20,30H,6-11H2,1-5H3,(H,23,25)/t16-,17+,18+,19-,20+,22-/m0/s1. The van der Waals surface area contributed by atoms with Crippen LogP contribution in [-0.2, 0) is 52.4 Å². The molecule has 2 N–H and O–H groups in total. The van der Waals surface area contributed by atoms with Crippen molar-refractivity contribution in [3.05, 3.63) is 0 Å². The Labute approximate surface area is 208 Å². The Morgan fingerprint density at radius 1 is 1.03 bits per heavy atom. The number of morpholine rings is 1. The van der Waals surface area contributed by atoms with E-state index in [9.17, 15) is 29.1 Å². The van der Waals surface area contributed by atoms with Gasteiger partial charge in [-0.3, -0.25) is 24.1 Å². The zero-order chi connectivity index (χ0) is 27.0. The number of rotatable bonds is 9. The molecule has 36 heavy (non-hydrogen) atoms. The van der Waals surface area contributed by atoms with E-state index in [0.717, 1.165) is 27.9 Å². The minimum atomic E-state index is -2.50. The molecule has 0 aromatic carbocycles. The van der Waals surface area contributed by atoms with Gasteiger partial charge in [-0.05, 0) is 0 Å². The first-order valence-corrected chi connectivity index (χ1v) is 11.4. The van der Waals surface area contributed by atoms with Gasteiger partial charge in [0, 0.05) is 53.2 Å². The Kier molecular flexibility index (Phi) is 10.6. The minimum absolute atomic E-state index is 0.296. The molecule has 0 bridgehead atoms. The summed E-state index contributed by atoms with van der Waals surface area (Å²) < 4.78 is 31.7. The van der Waals surface area contributed by atoms with E-state index >= 15 is 0 Å². The predicted molar refractivity (Wildman–Crippen MR) is 118 cm³/mol. The molecule has 2 aliphatic heterocycles. The third-order valence-corrected chi connectivity index (χ3v) is 5.73. The summed E-state index contributed by atoms with van der Waals surface area (Å²) in [6, 6.07) is -1.68. The van der Waals surface area contributed by atoms with Crippen LogP contribution in [0.25, 0.3) is 0 Å². The van der Waals surface area contributed by atoms with Crippen LogP contribution in [0.2, 0.25) is 0 Å². The lowest BCUT2D eigenvalue weighted by molar-refractivity contribution is -0.294. The van der Waals surface area contributed by atoms with Crippen molar-refractivity contribution in [1.82, 2.24) is 10.2 Å². The number of ether oxygens (including phenoxy) is 6. The lowest BCUT2D eigenvalue weighted by atomic mass is 9.85. The van der Waals surface area contributed by atoms with Gasteiger partial charge in [-0.2, -0.15) is 0 Å². The van der Waals surface area contributed by atoms with Gasteiger partial charge in [-0.15, -0.1) is 0 Å². The second kappa shape index (κ2) is 12.9. The van der Waals surface area contributed by atoms with Crippen LogP contribution in [0.3, 0.4) is 0 Å². The van der Waals surface area contributed by atoms with E-state index in [2.05, 4.69) is 5.32 Å². The number of nitrogens with zero attached hydrogens (tertiary/aromatic N) is 1. The number of aliphatic hydroxyl groups is 1. The molecule has 0 aliphatic carbocycles. The zero-order valence-electron chi connectivity index (χ0n) is 21.0. The topological polar surface area (TPSA) is 176 Å². The maximum Gasteiger partial charge on any atom is 0.366 e. The summed E-state index contributed by atoms with van der Waals surface area (Å²) in [5, 5.41) is 14.0. The Morgan fingerprint density at radius 2 is 1.64 bits per heavy atom. The van der Waals surface area contributed by atoms with Crippen LogP contribution in [0, 0.1) is 0 Å². The van der Waals surface area contributed by atoms with Crippen molar-refractivity contribution in [3.63, 3.8) is 0 Å². The van der Waals surface area contributed by atoms with Gasteiger partial charge in [0.1, 0.15) is 12.7 Å². The Bertz CT molecular complexity index is 830. The molecule has 0 radical (unpaired) electrons. The molecule has 14 heteroatoms. The van der Waals surface area contributed by atoms with Gasteiger partial charge < -0.3 is 38.8 Å². The average Bonchev–Trinajstić information content (AvgIpc) is 2.80. The number of carbonyl (C=O) groups excluding carboxylic acids is 5. The van der Waals surface area contributed by atoms with Gasteiger partial charge in [-0.1, -0.05) is 0 Å². The number of hydrogen-bond acceptors (Lipinski definition) is 13. The molecule has 2 heterocycles. The Hall–Kier alpha value is -2.81. The number of carbonyl (C=O) groups is 5. The fourth-order valence-corrected chi connectivity index (χ4v) is 4.37. The molecule has 204 valence electrons. The predicted octanol–water partition coefficient (Wildman–Crippen LogP) is -1.73. The van der Waals surface area contributed by atoms with Crippen molar-refractivity contribution in [2.24, 2.45) is 0 Å². The molecule has 0 spiro atoms. The monoisotopic (exact) mass is 518 g/mol. The van der Waals surface area contributed by atoms with Crippen molar-refractivity contribution in [3.8, 4) is 0 Å². The maximum absolute atomic E-state index is 12.6. The normalized spacial score (nSPS) is 28.2. The summed E-state index contributed by atoms with van der Waals surface area (Å²) in [6.07, 6.45) is -4.65. The first kappa shape index (κ1) is 29.4. The fourth-order valence-electron chi connectivity index (χ4n) is 4.37. The second-order valence-electron chi connectivity index (χ2n) is 8.53. The largest absolute Gasteiger partial charge is 0.465 e. The highest BCUT2D eigenvalue weighted by Gasteiger charge is 2.57. The van der Waals surface area contributed by atoms with Crippen LogP contribution < -0.4 is 5.32 Å². The summed E-state index contributed by atoms with van der Waals surface area (Å²) in [5.41, 5.74) is 0. The molecule has 2 saturated heterocycles. The van der Waals surface area contributed by atoms with Crippen LogP contribution in [0.15, 0.2) is 0 Å². The van der Waals surface area contributed by atoms with E-state index in [1.165, 1.54) is 6.92 Å². The molecule has 0 aromatic rings. The summed E-state index contributed by atoms with van der Waals surface area (Å²) in [6.45, 7) is 5.59. The molecule has 0 saturated carbocycles. The molecule has 0 unspecified atom stereocenters. The highest BCUT2D eigenvalue weighted by Crippen LogP contribution is 2.35. The first-order chi connectivity index (χ1) is 16.9. The van der Waals surface area contributed by atoms with Crippen LogP contribution in [0.1, 0.15) is 34.1 Å². The molecule has 14 nitrogen and oxygen atoms in total. The van der Waals surface area contributed by atoms with Gasteiger partial charge in [0.25, 0.3) is 5.79 Å². The summed E-state index contributed by atoms with van der Waals surface area (Å²) >= 11 is 0. The molecule has 6 atom stereocenters. The molecule has 2 fully saturated rings. The van der Waals surface area contributed by atoms with Crippen LogP contribution in [-0.4, -0.2) is 116 Å². The van der Waals surface area contributed by atoms with E-state index in [-0.39, 0.29) is 6.42 Å². The SMILES string of the molecule is COC(=O)[C@]1(O)C[C@H](N2CCOCC2)[C@@H](NC(C)=O)[C@H]([C@@H](OC(C)=O)[C@@H](COC(C)=O)OC(C)=O)O1. The highest BCUT2D eigenvalue weighted by molar-refractivity contribution is 5.78. The molecule has 1 amide bonds. The van der Waals surface area contributed by atoms with Crippen LogP contribution in [0.5, 0.6) is 0 Å². The van der Waals surface area contributed by atoms with E-state index in [0.29, 0.717) is 26.3 Å². The molecule has 2 rings (SSSR count). The van der Waals surface area contributed by atoms with Crippen LogP contribution >= 0.6 is 0 Å². The fraction of sp³-hybridized carbons (Fsp3) is 0.773. The molecule has 2 aliphatic rings. The Morgan fingerprint density at radius 3 is 2.14 bits per heavy atom. The third-order valence-electron chi connectivity index (χ3n) is 5.73. The van der Waals surface area contributed by atoms with Gasteiger partial charge in [0.15, 0.2) is 12.2 Å². The van der Waals surface area contributed by atoms with Crippen molar-refractivity contribution >= 4 is 29.8 Å². The summed E-state index contributed by atoms with van der Waals surface area (Å²) in [5.74, 6) is -6.39. The number of amides is 1. The number of nitrogens with one attached hydrogen (secondary N) is 1. The quantitative estimate of drug-likeness (QED) is 0.260.